The number of hydrogen-bond donors (Lipinski definition) is 1. The molecule has 0 bridgehead atoms. The van der Waals surface area contributed by atoms with Gasteiger partial charge in [-0.2, -0.15) is 5.10 Å². The van der Waals surface area contributed by atoms with E-state index in [1.807, 2.05) is 43.3 Å². The van der Waals surface area contributed by atoms with Crippen LogP contribution in [0.1, 0.15) is 41.0 Å². The minimum absolute atomic E-state index is 0.0538. The predicted octanol–water partition coefficient (Wildman–Crippen LogP) is 1.91. The van der Waals surface area contributed by atoms with E-state index < -0.39 is 0 Å². The highest BCUT2D eigenvalue weighted by atomic mass is 16.2. The van der Waals surface area contributed by atoms with Crippen molar-refractivity contribution in [2.45, 2.75) is 38.8 Å². The number of pyridine rings is 1. The first kappa shape index (κ1) is 16.6. The molecule has 0 aromatic carbocycles. The topological polar surface area (TPSA) is 63.1 Å². The Morgan fingerprint density at radius 2 is 2.25 bits per heavy atom. The Labute approximate surface area is 142 Å². The Balaban J connectivity index is 1.88. The van der Waals surface area contributed by atoms with Gasteiger partial charge in [0.1, 0.15) is 0 Å². The molecule has 0 radical (unpaired) electrons. The van der Waals surface area contributed by atoms with E-state index >= 15 is 0 Å². The normalized spacial score (nSPS) is 18.2. The third kappa shape index (κ3) is 3.82. The molecule has 0 aliphatic carbocycles. The Morgan fingerprint density at radius 3 is 2.96 bits per heavy atom. The van der Waals surface area contributed by atoms with Crippen LogP contribution in [0.15, 0.2) is 30.6 Å². The highest BCUT2D eigenvalue weighted by Gasteiger charge is 2.28. The highest BCUT2D eigenvalue weighted by Crippen LogP contribution is 2.20. The van der Waals surface area contributed by atoms with Crippen LogP contribution >= 0.6 is 0 Å². The van der Waals surface area contributed by atoms with Gasteiger partial charge in [-0.15, -0.1) is 0 Å². The summed E-state index contributed by atoms with van der Waals surface area (Å²) in [7, 11) is 1.85. The zero-order valence-corrected chi connectivity index (χ0v) is 14.4. The van der Waals surface area contributed by atoms with Crippen molar-refractivity contribution < 1.29 is 4.79 Å². The zero-order chi connectivity index (χ0) is 16.9. The molecule has 1 atom stereocenters. The average Bonchev–Trinajstić information content (AvgIpc) is 2.79. The smallest absolute Gasteiger partial charge is 0.257 e. The first-order chi connectivity index (χ1) is 11.6. The molecule has 1 aliphatic heterocycles. The van der Waals surface area contributed by atoms with Crippen molar-refractivity contribution in [2.75, 3.05) is 13.1 Å². The first-order valence-corrected chi connectivity index (χ1v) is 8.57. The molecule has 1 unspecified atom stereocenters. The molecule has 0 saturated carbocycles. The molecule has 0 spiro atoms. The van der Waals surface area contributed by atoms with Crippen molar-refractivity contribution in [1.82, 2.24) is 25.0 Å². The third-order valence-corrected chi connectivity index (χ3v) is 4.55. The number of hydrogen-bond acceptors (Lipinski definition) is 4. The molecule has 1 amide bonds. The van der Waals surface area contributed by atoms with E-state index in [1.54, 1.807) is 10.9 Å². The van der Waals surface area contributed by atoms with Gasteiger partial charge in [-0.3, -0.25) is 14.5 Å². The Morgan fingerprint density at radius 1 is 1.38 bits per heavy atom. The molecule has 6 heteroatoms. The van der Waals surface area contributed by atoms with Crippen molar-refractivity contribution >= 4 is 5.91 Å². The fourth-order valence-electron chi connectivity index (χ4n) is 3.31. The van der Waals surface area contributed by atoms with Crippen LogP contribution in [-0.4, -0.2) is 44.7 Å². The Hall–Kier alpha value is -2.21. The maximum absolute atomic E-state index is 13.2. The zero-order valence-electron chi connectivity index (χ0n) is 14.4. The number of nitrogens with one attached hydrogen (secondary N) is 1. The van der Waals surface area contributed by atoms with Crippen LogP contribution in [0.2, 0.25) is 0 Å². The van der Waals surface area contributed by atoms with Crippen molar-refractivity contribution in [3.05, 3.63) is 47.5 Å². The first-order valence-electron chi connectivity index (χ1n) is 8.57. The molecule has 2 aromatic heterocycles. The van der Waals surface area contributed by atoms with Crippen molar-refractivity contribution in [2.24, 2.45) is 7.05 Å². The minimum atomic E-state index is 0.0538. The molecule has 128 valence electrons. The number of aromatic nitrogens is 3. The summed E-state index contributed by atoms with van der Waals surface area (Å²) in [5, 5.41) is 7.75. The summed E-state index contributed by atoms with van der Waals surface area (Å²) in [4.78, 5) is 19.6. The second kappa shape index (κ2) is 7.57. The minimum Gasteiger partial charge on any atom is -0.330 e. The van der Waals surface area contributed by atoms with Gasteiger partial charge < -0.3 is 10.2 Å². The Bertz CT molecular complexity index is 674. The van der Waals surface area contributed by atoms with Gasteiger partial charge in [0, 0.05) is 25.5 Å². The van der Waals surface area contributed by atoms with Crippen LogP contribution in [-0.2, 0) is 13.6 Å². The van der Waals surface area contributed by atoms with Gasteiger partial charge in [-0.1, -0.05) is 6.07 Å². The van der Waals surface area contributed by atoms with Crippen LogP contribution in [0.25, 0.3) is 0 Å². The molecule has 24 heavy (non-hydrogen) atoms. The fourth-order valence-corrected chi connectivity index (χ4v) is 3.31. The lowest BCUT2D eigenvalue weighted by Crippen LogP contribution is -2.40. The van der Waals surface area contributed by atoms with Gasteiger partial charge in [0.05, 0.1) is 23.5 Å². The second-order valence-electron chi connectivity index (χ2n) is 6.39. The molecule has 1 aliphatic rings. The van der Waals surface area contributed by atoms with Crippen LogP contribution in [0.3, 0.4) is 0 Å². The lowest BCUT2D eigenvalue weighted by molar-refractivity contribution is 0.0641. The number of amides is 1. The molecule has 2 aromatic rings. The highest BCUT2D eigenvalue weighted by molar-refractivity contribution is 5.95. The third-order valence-electron chi connectivity index (χ3n) is 4.55. The van der Waals surface area contributed by atoms with Gasteiger partial charge in [0.2, 0.25) is 0 Å². The lowest BCUT2D eigenvalue weighted by atomic mass is 10.1. The van der Waals surface area contributed by atoms with Gasteiger partial charge in [-0.05, 0) is 51.4 Å². The van der Waals surface area contributed by atoms with E-state index in [2.05, 4.69) is 15.4 Å². The van der Waals surface area contributed by atoms with Crippen LogP contribution in [0.4, 0.5) is 0 Å². The van der Waals surface area contributed by atoms with E-state index in [0.29, 0.717) is 12.1 Å². The van der Waals surface area contributed by atoms with E-state index in [9.17, 15) is 4.79 Å². The molecular formula is C18H25N5O. The maximum atomic E-state index is 13.2. The van der Waals surface area contributed by atoms with Crippen molar-refractivity contribution in [3.8, 4) is 0 Å². The van der Waals surface area contributed by atoms with Gasteiger partial charge in [-0.25, -0.2) is 0 Å². The Kier molecular flexibility index (Phi) is 5.25. The lowest BCUT2D eigenvalue weighted by Gasteiger charge is -2.31. The van der Waals surface area contributed by atoms with E-state index in [-0.39, 0.29) is 11.9 Å². The summed E-state index contributed by atoms with van der Waals surface area (Å²) in [5.41, 5.74) is 2.38. The second-order valence-corrected chi connectivity index (χ2v) is 6.39. The van der Waals surface area contributed by atoms with Crippen LogP contribution in [0, 0.1) is 6.92 Å². The summed E-state index contributed by atoms with van der Waals surface area (Å²) in [5.74, 6) is 0.0538. The van der Waals surface area contributed by atoms with Crippen LogP contribution in [0.5, 0.6) is 0 Å². The molecule has 3 heterocycles. The average molecular weight is 327 g/mol. The number of aryl methyl sites for hydroxylation is 2. The summed E-state index contributed by atoms with van der Waals surface area (Å²) in [6.45, 7) is 4.40. The number of carbonyl (C=O) groups is 1. The van der Waals surface area contributed by atoms with E-state index in [0.717, 1.165) is 43.7 Å². The largest absolute Gasteiger partial charge is 0.330 e. The van der Waals surface area contributed by atoms with Crippen molar-refractivity contribution in [3.63, 3.8) is 0 Å². The van der Waals surface area contributed by atoms with Crippen LogP contribution < -0.4 is 5.32 Å². The number of rotatable bonds is 4. The van der Waals surface area contributed by atoms with E-state index in [1.165, 1.54) is 0 Å². The quantitative estimate of drug-likeness (QED) is 0.932. The van der Waals surface area contributed by atoms with Gasteiger partial charge >= 0.3 is 0 Å². The standard InChI is InChI=1S/C18H25N5O/c1-14-17(13-22(2)21-14)18(24)23(12-15-6-3-4-10-20-15)16-7-5-9-19-11-8-16/h3-4,6,10,13,16,19H,5,7-9,11-12H2,1-2H3. The number of nitrogens with zero attached hydrogens (tertiary/aromatic N) is 4. The van der Waals surface area contributed by atoms with Gasteiger partial charge in [0.15, 0.2) is 0 Å². The van der Waals surface area contributed by atoms with Crippen molar-refractivity contribution in [1.29, 1.82) is 0 Å². The molecule has 1 N–H and O–H groups in total. The van der Waals surface area contributed by atoms with E-state index in [4.69, 9.17) is 0 Å². The molecule has 1 saturated heterocycles. The molecule has 6 nitrogen and oxygen atoms in total. The number of carbonyl (C=O) groups excluding carboxylic acids is 1. The molecule has 1 fully saturated rings. The summed E-state index contributed by atoms with van der Waals surface area (Å²) in [6, 6.07) is 6.07. The summed E-state index contributed by atoms with van der Waals surface area (Å²) >= 11 is 0. The SMILES string of the molecule is Cc1nn(C)cc1C(=O)N(Cc1ccccn1)C1CCCNCC1. The summed E-state index contributed by atoms with van der Waals surface area (Å²) < 4.78 is 1.70. The fraction of sp³-hybridized carbons (Fsp3) is 0.500. The predicted molar refractivity (Wildman–Crippen MR) is 92.6 cm³/mol. The molecule has 3 rings (SSSR count). The maximum Gasteiger partial charge on any atom is 0.257 e. The monoisotopic (exact) mass is 327 g/mol. The molecular weight excluding hydrogens is 302 g/mol. The summed E-state index contributed by atoms with van der Waals surface area (Å²) in [6.07, 6.45) is 6.67. The van der Waals surface area contributed by atoms with Gasteiger partial charge in [0.25, 0.3) is 5.91 Å².